The van der Waals surface area contributed by atoms with Crippen molar-refractivity contribution < 1.29 is 24.0 Å². The first-order chi connectivity index (χ1) is 13.0. The molecule has 2 aromatic rings. The number of nitrogens with zero attached hydrogens (tertiary/aromatic N) is 1. The van der Waals surface area contributed by atoms with E-state index < -0.39 is 17.8 Å². The highest BCUT2D eigenvalue weighted by molar-refractivity contribution is 6.21. The number of amides is 3. The van der Waals surface area contributed by atoms with Gasteiger partial charge in [-0.05, 0) is 48.7 Å². The number of carbonyl (C=O) groups is 4. The van der Waals surface area contributed by atoms with Crippen molar-refractivity contribution in [2.75, 3.05) is 5.32 Å². The summed E-state index contributed by atoms with van der Waals surface area (Å²) in [6.07, 6.45) is 0.885. The molecule has 4 rings (SSSR count). The number of anilines is 1. The van der Waals surface area contributed by atoms with Crippen LogP contribution in [-0.2, 0) is 9.63 Å². The van der Waals surface area contributed by atoms with Gasteiger partial charge >= 0.3 is 5.97 Å². The molecule has 3 amide bonds. The number of carbonyl (C=O) groups excluding carboxylic acids is 4. The summed E-state index contributed by atoms with van der Waals surface area (Å²) in [6.45, 7) is 2.02. The van der Waals surface area contributed by atoms with E-state index in [0.717, 1.165) is 6.42 Å². The normalized spacial score (nSPS) is 20.3. The third-order valence-electron chi connectivity index (χ3n) is 4.77. The maximum Gasteiger partial charge on any atom is 0.363 e. The number of hydrogen-bond acceptors (Lipinski definition) is 5. The Balaban J connectivity index is 1.42. The van der Waals surface area contributed by atoms with E-state index in [4.69, 9.17) is 4.84 Å². The molecule has 1 aliphatic carbocycles. The lowest BCUT2D eigenvalue weighted by Gasteiger charge is -2.13. The molecule has 136 valence electrons. The molecule has 1 saturated carbocycles. The van der Waals surface area contributed by atoms with Crippen LogP contribution in [0.15, 0.2) is 48.5 Å². The fourth-order valence-electron chi connectivity index (χ4n) is 3.00. The van der Waals surface area contributed by atoms with Gasteiger partial charge in [-0.2, -0.15) is 0 Å². The number of hydrogen-bond donors (Lipinski definition) is 1. The zero-order valence-corrected chi connectivity index (χ0v) is 14.5. The van der Waals surface area contributed by atoms with Crippen LogP contribution >= 0.6 is 0 Å². The van der Waals surface area contributed by atoms with Gasteiger partial charge in [0.15, 0.2) is 0 Å². The Labute approximate surface area is 154 Å². The molecule has 0 radical (unpaired) electrons. The molecule has 1 heterocycles. The molecule has 2 unspecified atom stereocenters. The zero-order chi connectivity index (χ0) is 19.1. The van der Waals surface area contributed by atoms with Crippen LogP contribution in [0.5, 0.6) is 0 Å². The van der Waals surface area contributed by atoms with Crippen LogP contribution in [0.1, 0.15) is 44.4 Å². The number of nitrogens with one attached hydrogen (secondary N) is 1. The molecule has 7 nitrogen and oxygen atoms in total. The first kappa shape index (κ1) is 17.0. The Hall–Kier alpha value is -3.48. The van der Waals surface area contributed by atoms with Crippen LogP contribution in [-0.4, -0.2) is 28.8 Å². The number of benzene rings is 2. The van der Waals surface area contributed by atoms with Gasteiger partial charge in [-0.3, -0.25) is 14.4 Å². The van der Waals surface area contributed by atoms with E-state index in [2.05, 4.69) is 5.32 Å². The van der Waals surface area contributed by atoms with Gasteiger partial charge in [-0.15, -0.1) is 0 Å². The minimum Gasteiger partial charge on any atom is -0.326 e. The van der Waals surface area contributed by atoms with E-state index in [0.29, 0.717) is 16.7 Å². The average molecular weight is 364 g/mol. The standard InChI is InChI=1S/C20H16N2O5/c1-11-10-16(11)17(23)21-13-8-6-12(7-9-13)20(26)27-22-18(24)14-4-2-3-5-15(14)19(22)25/h2-9,11,16H,10H2,1H3,(H,21,23). The van der Waals surface area contributed by atoms with Crippen molar-refractivity contribution in [3.8, 4) is 0 Å². The summed E-state index contributed by atoms with van der Waals surface area (Å²) in [5.74, 6) is -1.78. The van der Waals surface area contributed by atoms with Crippen molar-refractivity contribution in [1.29, 1.82) is 0 Å². The van der Waals surface area contributed by atoms with Crippen LogP contribution in [0.3, 0.4) is 0 Å². The smallest absolute Gasteiger partial charge is 0.326 e. The van der Waals surface area contributed by atoms with Crippen LogP contribution in [0, 0.1) is 11.8 Å². The first-order valence-electron chi connectivity index (χ1n) is 8.56. The summed E-state index contributed by atoms with van der Waals surface area (Å²) in [6, 6.07) is 12.3. The van der Waals surface area contributed by atoms with Crippen LogP contribution in [0.25, 0.3) is 0 Å². The molecule has 1 N–H and O–H groups in total. The maximum atomic E-state index is 12.3. The molecular weight excluding hydrogens is 348 g/mol. The highest BCUT2D eigenvalue weighted by Crippen LogP contribution is 2.38. The highest BCUT2D eigenvalue weighted by Gasteiger charge is 2.39. The summed E-state index contributed by atoms with van der Waals surface area (Å²) in [5.41, 5.74) is 1.12. The van der Waals surface area contributed by atoms with Crippen molar-refractivity contribution in [2.24, 2.45) is 11.8 Å². The van der Waals surface area contributed by atoms with Gasteiger partial charge < -0.3 is 10.2 Å². The van der Waals surface area contributed by atoms with Gasteiger partial charge in [0, 0.05) is 11.6 Å². The molecular formula is C20H16N2O5. The molecule has 1 aliphatic heterocycles. The Morgan fingerprint density at radius 2 is 1.56 bits per heavy atom. The van der Waals surface area contributed by atoms with Gasteiger partial charge in [0.2, 0.25) is 5.91 Å². The Bertz CT molecular complexity index is 932. The van der Waals surface area contributed by atoms with Gasteiger partial charge in [-0.1, -0.05) is 24.1 Å². The summed E-state index contributed by atoms with van der Waals surface area (Å²) < 4.78 is 0. The van der Waals surface area contributed by atoms with E-state index in [1.807, 2.05) is 6.92 Å². The maximum absolute atomic E-state index is 12.3. The summed E-state index contributed by atoms with van der Waals surface area (Å²) in [4.78, 5) is 53.7. The van der Waals surface area contributed by atoms with Gasteiger partial charge in [0.25, 0.3) is 11.8 Å². The van der Waals surface area contributed by atoms with Crippen molar-refractivity contribution in [2.45, 2.75) is 13.3 Å². The van der Waals surface area contributed by atoms with E-state index in [-0.39, 0.29) is 28.5 Å². The predicted molar refractivity (Wildman–Crippen MR) is 94.7 cm³/mol. The Morgan fingerprint density at radius 3 is 2.07 bits per heavy atom. The lowest BCUT2D eigenvalue weighted by atomic mass is 10.1. The van der Waals surface area contributed by atoms with E-state index in [1.165, 1.54) is 24.3 Å². The fourth-order valence-corrected chi connectivity index (χ4v) is 3.00. The van der Waals surface area contributed by atoms with Crippen LogP contribution in [0.2, 0.25) is 0 Å². The van der Waals surface area contributed by atoms with Gasteiger partial charge in [-0.25, -0.2) is 4.79 Å². The van der Waals surface area contributed by atoms with E-state index in [9.17, 15) is 19.2 Å². The third kappa shape index (κ3) is 3.08. The number of imide groups is 1. The first-order valence-corrected chi connectivity index (χ1v) is 8.56. The number of rotatable bonds is 4. The minimum atomic E-state index is -0.835. The van der Waals surface area contributed by atoms with E-state index in [1.54, 1.807) is 24.3 Å². The lowest BCUT2D eigenvalue weighted by Crippen LogP contribution is -2.32. The fraction of sp³-hybridized carbons (Fsp3) is 0.200. The second-order valence-electron chi connectivity index (χ2n) is 6.72. The minimum absolute atomic E-state index is 0.0381. The monoisotopic (exact) mass is 364 g/mol. The molecule has 2 aliphatic rings. The van der Waals surface area contributed by atoms with Crippen LogP contribution in [0.4, 0.5) is 5.69 Å². The van der Waals surface area contributed by atoms with Crippen molar-refractivity contribution in [1.82, 2.24) is 5.06 Å². The summed E-state index contributed by atoms with van der Waals surface area (Å²) in [5, 5.41) is 3.26. The van der Waals surface area contributed by atoms with E-state index >= 15 is 0 Å². The second-order valence-corrected chi connectivity index (χ2v) is 6.72. The molecule has 0 bridgehead atoms. The second kappa shape index (κ2) is 6.35. The zero-order valence-electron chi connectivity index (χ0n) is 14.5. The van der Waals surface area contributed by atoms with Gasteiger partial charge in [0.1, 0.15) is 0 Å². The lowest BCUT2D eigenvalue weighted by molar-refractivity contribution is -0.117. The molecule has 27 heavy (non-hydrogen) atoms. The largest absolute Gasteiger partial charge is 0.363 e. The Morgan fingerprint density at radius 1 is 1.00 bits per heavy atom. The topological polar surface area (TPSA) is 92.8 Å². The molecule has 1 fully saturated rings. The SMILES string of the molecule is CC1CC1C(=O)Nc1ccc(C(=O)ON2C(=O)c3ccccc3C2=O)cc1. The summed E-state index contributed by atoms with van der Waals surface area (Å²) >= 11 is 0. The molecule has 2 atom stereocenters. The molecule has 0 aromatic heterocycles. The van der Waals surface area contributed by atoms with Crippen LogP contribution < -0.4 is 5.32 Å². The van der Waals surface area contributed by atoms with Crippen molar-refractivity contribution >= 4 is 29.4 Å². The molecule has 0 spiro atoms. The quantitative estimate of drug-likeness (QED) is 0.842. The van der Waals surface area contributed by atoms with Gasteiger partial charge in [0.05, 0.1) is 16.7 Å². The molecule has 2 aromatic carbocycles. The molecule has 0 saturated heterocycles. The van der Waals surface area contributed by atoms with Crippen molar-refractivity contribution in [3.63, 3.8) is 0 Å². The number of hydroxylamine groups is 2. The third-order valence-corrected chi connectivity index (χ3v) is 4.77. The average Bonchev–Trinajstić information content (AvgIpc) is 3.37. The molecule has 7 heteroatoms. The Kier molecular flexibility index (Phi) is 3.99. The van der Waals surface area contributed by atoms with Crippen molar-refractivity contribution in [3.05, 3.63) is 65.2 Å². The highest BCUT2D eigenvalue weighted by atomic mass is 16.7. The predicted octanol–water partition coefficient (Wildman–Crippen LogP) is 2.65. The summed E-state index contributed by atoms with van der Waals surface area (Å²) in [7, 11) is 0. The number of fused-ring (bicyclic) bond motifs is 1.